The topological polar surface area (TPSA) is 45.8 Å². The van der Waals surface area contributed by atoms with Gasteiger partial charge < -0.3 is 4.98 Å². The van der Waals surface area contributed by atoms with Crippen molar-refractivity contribution in [1.82, 2.24) is 9.97 Å². The summed E-state index contributed by atoms with van der Waals surface area (Å²) < 4.78 is 0. The molecule has 0 aromatic carbocycles. The van der Waals surface area contributed by atoms with Gasteiger partial charge in [0.25, 0.3) is 0 Å². The molecular weight excluding hydrogens is 188 g/mol. The summed E-state index contributed by atoms with van der Waals surface area (Å²) >= 11 is 0. The lowest BCUT2D eigenvalue weighted by Crippen LogP contribution is -2.05. The van der Waals surface area contributed by atoms with Gasteiger partial charge in [-0.15, -0.1) is 0 Å². The summed E-state index contributed by atoms with van der Waals surface area (Å²) in [6, 6.07) is 9.28. The number of pyridine rings is 1. The average Bonchev–Trinajstić information content (AvgIpc) is 2.66. The van der Waals surface area contributed by atoms with Crippen LogP contribution in [0.4, 0.5) is 0 Å². The van der Waals surface area contributed by atoms with Crippen LogP contribution in [0.1, 0.15) is 21.9 Å². The Morgan fingerprint density at radius 1 is 1.33 bits per heavy atom. The predicted octanol–water partition coefficient (Wildman–Crippen LogP) is 2.14. The molecule has 1 N–H and O–H groups in total. The number of ketones is 1. The van der Waals surface area contributed by atoms with Crippen molar-refractivity contribution < 1.29 is 4.79 Å². The van der Waals surface area contributed by atoms with E-state index in [-0.39, 0.29) is 5.78 Å². The molecule has 3 nitrogen and oxygen atoms in total. The number of nitrogens with zero attached hydrogens (tertiary/aromatic N) is 1. The molecule has 2 rings (SSSR count). The molecule has 2 heterocycles. The fourth-order valence-corrected chi connectivity index (χ4v) is 1.43. The van der Waals surface area contributed by atoms with Crippen molar-refractivity contribution in [2.24, 2.45) is 0 Å². The standard InChI is InChI=1S/C12H12N2O/c1-9-5-6-11(14-9)12(15)8-10-4-2-3-7-13-10/h2-7,14H,8H2,1H3. The number of Topliss-reactive ketones (excluding diaryl/α,β-unsaturated/α-hetero) is 1. The third-order valence-electron chi connectivity index (χ3n) is 2.20. The fourth-order valence-electron chi connectivity index (χ4n) is 1.43. The van der Waals surface area contributed by atoms with Gasteiger partial charge in [0.1, 0.15) is 0 Å². The van der Waals surface area contributed by atoms with Crippen molar-refractivity contribution in [1.29, 1.82) is 0 Å². The van der Waals surface area contributed by atoms with Crippen molar-refractivity contribution in [2.45, 2.75) is 13.3 Å². The van der Waals surface area contributed by atoms with E-state index in [1.54, 1.807) is 12.3 Å². The first kappa shape index (κ1) is 9.65. The molecule has 3 heteroatoms. The average molecular weight is 200 g/mol. The van der Waals surface area contributed by atoms with Crippen molar-refractivity contribution in [3.63, 3.8) is 0 Å². The van der Waals surface area contributed by atoms with Crippen LogP contribution in [0.25, 0.3) is 0 Å². The summed E-state index contributed by atoms with van der Waals surface area (Å²) in [5.41, 5.74) is 2.45. The first-order valence-corrected chi connectivity index (χ1v) is 4.84. The lowest BCUT2D eigenvalue weighted by molar-refractivity contribution is 0.0987. The molecule has 0 radical (unpaired) electrons. The number of hydrogen-bond donors (Lipinski definition) is 1. The van der Waals surface area contributed by atoms with Crippen molar-refractivity contribution >= 4 is 5.78 Å². The Hall–Kier alpha value is -1.90. The third-order valence-corrected chi connectivity index (χ3v) is 2.20. The van der Waals surface area contributed by atoms with E-state index in [1.165, 1.54) is 0 Å². The van der Waals surface area contributed by atoms with Gasteiger partial charge in [-0.25, -0.2) is 0 Å². The molecule has 0 aliphatic rings. The van der Waals surface area contributed by atoms with Crippen LogP contribution >= 0.6 is 0 Å². The molecule has 0 unspecified atom stereocenters. The highest BCUT2D eigenvalue weighted by molar-refractivity contribution is 5.95. The monoisotopic (exact) mass is 200 g/mol. The number of carbonyl (C=O) groups excluding carboxylic acids is 1. The van der Waals surface area contributed by atoms with Crippen molar-refractivity contribution in [3.8, 4) is 0 Å². The molecule has 15 heavy (non-hydrogen) atoms. The van der Waals surface area contributed by atoms with Crippen molar-refractivity contribution in [3.05, 3.63) is 53.6 Å². The lowest BCUT2D eigenvalue weighted by Gasteiger charge is -1.97. The van der Waals surface area contributed by atoms with Gasteiger partial charge in [0, 0.05) is 17.6 Å². The molecule has 2 aromatic heterocycles. The largest absolute Gasteiger partial charge is 0.356 e. The van der Waals surface area contributed by atoms with Crippen LogP contribution in [0.15, 0.2) is 36.5 Å². The van der Waals surface area contributed by atoms with E-state index in [0.717, 1.165) is 11.4 Å². The molecule has 0 aliphatic heterocycles. The van der Waals surface area contributed by atoms with E-state index in [4.69, 9.17) is 0 Å². The maximum atomic E-state index is 11.8. The van der Waals surface area contributed by atoms with E-state index in [2.05, 4.69) is 9.97 Å². The van der Waals surface area contributed by atoms with Gasteiger partial charge in [-0.3, -0.25) is 9.78 Å². The van der Waals surface area contributed by atoms with Gasteiger partial charge >= 0.3 is 0 Å². The number of nitrogens with one attached hydrogen (secondary N) is 1. The van der Waals surface area contributed by atoms with Crippen LogP contribution in [-0.4, -0.2) is 15.8 Å². The smallest absolute Gasteiger partial charge is 0.184 e. The van der Waals surface area contributed by atoms with Crippen molar-refractivity contribution in [2.75, 3.05) is 0 Å². The number of aryl methyl sites for hydroxylation is 1. The lowest BCUT2D eigenvalue weighted by atomic mass is 10.1. The molecule has 0 amide bonds. The Kier molecular flexibility index (Phi) is 2.63. The number of H-pyrrole nitrogens is 1. The molecular formula is C12H12N2O. The van der Waals surface area contributed by atoms with Crippen LogP contribution in [0.3, 0.4) is 0 Å². The van der Waals surface area contributed by atoms with Crippen LogP contribution in [-0.2, 0) is 6.42 Å². The SMILES string of the molecule is Cc1ccc(C(=O)Cc2ccccn2)[nH]1. The Labute approximate surface area is 88.2 Å². The summed E-state index contributed by atoms with van der Waals surface area (Å²) in [4.78, 5) is 18.9. The molecule has 0 atom stereocenters. The van der Waals surface area contributed by atoms with Gasteiger partial charge in [-0.05, 0) is 31.2 Å². The molecule has 0 fully saturated rings. The minimum absolute atomic E-state index is 0.0711. The summed E-state index contributed by atoms with van der Waals surface area (Å²) in [5.74, 6) is 0.0711. The summed E-state index contributed by atoms with van der Waals surface area (Å²) in [7, 11) is 0. The fraction of sp³-hybridized carbons (Fsp3) is 0.167. The van der Waals surface area contributed by atoms with E-state index >= 15 is 0 Å². The number of rotatable bonds is 3. The van der Waals surface area contributed by atoms with Crippen LogP contribution in [0.5, 0.6) is 0 Å². The predicted molar refractivity (Wildman–Crippen MR) is 57.8 cm³/mol. The van der Waals surface area contributed by atoms with E-state index in [1.807, 2.05) is 31.2 Å². The highest BCUT2D eigenvalue weighted by Crippen LogP contribution is 2.05. The van der Waals surface area contributed by atoms with Gasteiger partial charge in [-0.1, -0.05) is 6.07 Å². The van der Waals surface area contributed by atoms with Crippen LogP contribution < -0.4 is 0 Å². The second-order valence-corrected chi connectivity index (χ2v) is 3.48. The minimum atomic E-state index is 0.0711. The maximum absolute atomic E-state index is 11.8. The third kappa shape index (κ3) is 2.31. The Bertz CT molecular complexity index is 459. The normalized spacial score (nSPS) is 10.2. The number of aromatic nitrogens is 2. The molecule has 0 bridgehead atoms. The van der Waals surface area contributed by atoms with Gasteiger partial charge in [0.2, 0.25) is 0 Å². The van der Waals surface area contributed by atoms with E-state index in [9.17, 15) is 4.79 Å². The quantitative estimate of drug-likeness (QED) is 0.771. The second-order valence-electron chi connectivity index (χ2n) is 3.48. The first-order valence-electron chi connectivity index (χ1n) is 4.84. The summed E-state index contributed by atoms with van der Waals surface area (Å²) in [5, 5.41) is 0. The Morgan fingerprint density at radius 2 is 2.20 bits per heavy atom. The van der Waals surface area contributed by atoms with E-state index in [0.29, 0.717) is 12.1 Å². The van der Waals surface area contributed by atoms with E-state index < -0.39 is 0 Å². The summed E-state index contributed by atoms with van der Waals surface area (Å²) in [6.07, 6.45) is 2.05. The van der Waals surface area contributed by atoms with Gasteiger partial charge in [0.05, 0.1) is 12.1 Å². The molecule has 0 saturated heterocycles. The molecule has 0 saturated carbocycles. The first-order chi connectivity index (χ1) is 7.25. The summed E-state index contributed by atoms with van der Waals surface area (Å²) in [6.45, 7) is 1.93. The molecule has 0 aliphatic carbocycles. The molecule has 76 valence electrons. The highest BCUT2D eigenvalue weighted by atomic mass is 16.1. The van der Waals surface area contributed by atoms with Crippen LogP contribution in [0.2, 0.25) is 0 Å². The zero-order valence-electron chi connectivity index (χ0n) is 8.53. The molecule has 0 spiro atoms. The number of carbonyl (C=O) groups is 1. The number of hydrogen-bond acceptors (Lipinski definition) is 2. The second kappa shape index (κ2) is 4.09. The molecule has 2 aromatic rings. The van der Waals surface area contributed by atoms with Crippen LogP contribution in [0, 0.1) is 6.92 Å². The highest BCUT2D eigenvalue weighted by Gasteiger charge is 2.08. The minimum Gasteiger partial charge on any atom is -0.356 e. The Balaban J connectivity index is 2.11. The van der Waals surface area contributed by atoms with Gasteiger partial charge in [-0.2, -0.15) is 0 Å². The maximum Gasteiger partial charge on any atom is 0.184 e. The van der Waals surface area contributed by atoms with Gasteiger partial charge in [0.15, 0.2) is 5.78 Å². The zero-order valence-corrected chi connectivity index (χ0v) is 8.53. The Morgan fingerprint density at radius 3 is 2.80 bits per heavy atom. The zero-order chi connectivity index (χ0) is 10.7. The number of aromatic amines is 1.